The van der Waals surface area contributed by atoms with E-state index in [4.69, 9.17) is 0 Å². The smallest absolute Gasteiger partial charge is 0.0535 e. The molecule has 1 fully saturated rings. The van der Waals surface area contributed by atoms with Crippen LogP contribution in [0.2, 0.25) is 0 Å². The Hall–Kier alpha value is 0.310. The molecular formula is C9H19NS. The van der Waals surface area contributed by atoms with Gasteiger partial charge in [-0.05, 0) is 18.8 Å². The normalized spacial score (nSPS) is 31.6. The van der Waals surface area contributed by atoms with Gasteiger partial charge in [-0.3, -0.25) is 0 Å². The summed E-state index contributed by atoms with van der Waals surface area (Å²) in [5.74, 6) is 0.855. The van der Waals surface area contributed by atoms with Gasteiger partial charge in [0.15, 0.2) is 0 Å². The molecule has 1 N–H and O–H groups in total. The molecule has 0 spiro atoms. The SMILES string of the molecule is CC(C)CCC1NCC(C)S1. The predicted molar refractivity (Wildman–Crippen MR) is 52.9 cm³/mol. The molecule has 66 valence electrons. The second-order valence-electron chi connectivity index (χ2n) is 3.81. The van der Waals surface area contributed by atoms with Gasteiger partial charge in [-0.25, -0.2) is 0 Å². The molecule has 0 saturated carbocycles. The molecule has 1 heterocycles. The highest BCUT2D eigenvalue weighted by molar-refractivity contribution is 8.00. The monoisotopic (exact) mass is 173 g/mol. The van der Waals surface area contributed by atoms with Crippen molar-refractivity contribution in [1.29, 1.82) is 0 Å². The Bertz CT molecular complexity index is 114. The molecule has 2 unspecified atom stereocenters. The van der Waals surface area contributed by atoms with Crippen molar-refractivity contribution in [2.75, 3.05) is 6.54 Å². The van der Waals surface area contributed by atoms with Gasteiger partial charge < -0.3 is 5.32 Å². The molecule has 1 saturated heterocycles. The molecule has 0 aromatic carbocycles. The fraction of sp³-hybridized carbons (Fsp3) is 1.00. The van der Waals surface area contributed by atoms with Gasteiger partial charge in [-0.2, -0.15) is 0 Å². The molecule has 1 rings (SSSR count). The number of thioether (sulfide) groups is 1. The van der Waals surface area contributed by atoms with E-state index < -0.39 is 0 Å². The topological polar surface area (TPSA) is 12.0 Å². The summed E-state index contributed by atoms with van der Waals surface area (Å²) in [7, 11) is 0. The molecule has 2 heteroatoms. The lowest BCUT2D eigenvalue weighted by molar-refractivity contribution is 0.521. The first-order valence-corrected chi connectivity index (χ1v) is 5.51. The maximum absolute atomic E-state index is 3.52. The first kappa shape index (κ1) is 9.40. The van der Waals surface area contributed by atoms with E-state index in [0.29, 0.717) is 0 Å². The van der Waals surface area contributed by atoms with E-state index in [1.807, 2.05) is 0 Å². The highest BCUT2D eigenvalue weighted by atomic mass is 32.2. The van der Waals surface area contributed by atoms with Gasteiger partial charge in [0.1, 0.15) is 0 Å². The van der Waals surface area contributed by atoms with Gasteiger partial charge in [0.25, 0.3) is 0 Å². The van der Waals surface area contributed by atoms with Crippen LogP contribution in [0.5, 0.6) is 0 Å². The van der Waals surface area contributed by atoms with E-state index in [-0.39, 0.29) is 0 Å². The van der Waals surface area contributed by atoms with Crippen LogP contribution in [0.1, 0.15) is 33.6 Å². The zero-order valence-electron chi connectivity index (χ0n) is 7.76. The Balaban J connectivity index is 2.08. The van der Waals surface area contributed by atoms with Crippen LogP contribution >= 0.6 is 11.8 Å². The molecule has 1 aliphatic rings. The number of rotatable bonds is 3. The van der Waals surface area contributed by atoms with Crippen LogP contribution in [0.3, 0.4) is 0 Å². The number of nitrogens with one attached hydrogen (secondary N) is 1. The maximum Gasteiger partial charge on any atom is 0.0535 e. The summed E-state index contributed by atoms with van der Waals surface area (Å²) in [6, 6.07) is 0. The first-order chi connectivity index (χ1) is 5.18. The lowest BCUT2D eigenvalue weighted by atomic mass is 10.1. The molecule has 2 atom stereocenters. The Labute approximate surface area is 74.3 Å². The van der Waals surface area contributed by atoms with Crippen molar-refractivity contribution in [2.45, 2.75) is 44.2 Å². The third kappa shape index (κ3) is 3.48. The van der Waals surface area contributed by atoms with Crippen molar-refractivity contribution in [1.82, 2.24) is 5.32 Å². The summed E-state index contributed by atoms with van der Waals surface area (Å²) in [6.45, 7) is 8.09. The Morgan fingerprint density at radius 1 is 1.55 bits per heavy atom. The molecule has 0 aliphatic carbocycles. The minimum atomic E-state index is 0.743. The van der Waals surface area contributed by atoms with E-state index >= 15 is 0 Å². The van der Waals surface area contributed by atoms with Crippen LogP contribution in [0.25, 0.3) is 0 Å². The minimum absolute atomic E-state index is 0.743. The molecule has 0 aromatic heterocycles. The summed E-state index contributed by atoms with van der Waals surface area (Å²) in [6.07, 6.45) is 2.70. The van der Waals surface area contributed by atoms with Gasteiger partial charge in [0, 0.05) is 11.8 Å². The fourth-order valence-electron chi connectivity index (χ4n) is 1.33. The quantitative estimate of drug-likeness (QED) is 0.703. The van der Waals surface area contributed by atoms with E-state index in [1.54, 1.807) is 0 Å². The summed E-state index contributed by atoms with van der Waals surface area (Å²) in [5.41, 5.74) is 0. The molecule has 11 heavy (non-hydrogen) atoms. The lowest BCUT2D eigenvalue weighted by Gasteiger charge is -2.10. The van der Waals surface area contributed by atoms with Crippen molar-refractivity contribution >= 4 is 11.8 Å². The van der Waals surface area contributed by atoms with Gasteiger partial charge in [0.2, 0.25) is 0 Å². The second kappa shape index (κ2) is 4.36. The second-order valence-corrected chi connectivity index (χ2v) is 5.46. The third-order valence-electron chi connectivity index (χ3n) is 2.04. The minimum Gasteiger partial charge on any atom is -0.304 e. The molecule has 1 nitrogen and oxygen atoms in total. The summed E-state index contributed by atoms with van der Waals surface area (Å²) in [5, 5.41) is 5.09. The van der Waals surface area contributed by atoms with Gasteiger partial charge >= 0.3 is 0 Å². The highest BCUT2D eigenvalue weighted by Gasteiger charge is 2.20. The summed E-state index contributed by atoms with van der Waals surface area (Å²) >= 11 is 2.10. The van der Waals surface area contributed by atoms with Crippen molar-refractivity contribution in [3.8, 4) is 0 Å². The zero-order chi connectivity index (χ0) is 8.27. The van der Waals surface area contributed by atoms with Crippen molar-refractivity contribution in [2.24, 2.45) is 5.92 Å². The Morgan fingerprint density at radius 2 is 2.27 bits per heavy atom. The van der Waals surface area contributed by atoms with E-state index in [9.17, 15) is 0 Å². The average Bonchev–Trinajstić information content (AvgIpc) is 2.31. The zero-order valence-corrected chi connectivity index (χ0v) is 8.58. The average molecular weight is 173 g/mol. The fourth-order valence-corrected chi connectivity index (χ4v) is 2.55. The van der Waals surface area contributed by atoms with E-state index in [2.05, 4.69) is 37.8 Å². The van der Waals surface area contributed by atoms with Crippen LogP contribution in [0.15, 0.2) is 0 Å². The van der Waals surface area contributed by atoms with Gasteiger partial charge in [-0.1, -0.05) is 20.8 Å². The third-order valence-corrected chi connectivity index (χ3v) is 3.40. The Kier molecular flexibility index (Phi) is 3.73. The number of hydrogen-bond donors (Lipinski definition) is 1. The standard InChI is InChI=1S/C9H19NS/c1-7(2)4-5-9-10-6-8(3)11-9/h7-10H,4-6H2,1-3H3. The van der Waals surface area contributed by atoms with Gasteiger partial charge in [-0.15, -0.1) is 11.8 Å². The van der Waals surface area contributed by atoms with Crippen molar-refractivity contribution in [3.05, 3.63) is 0 Å². The van der Waals surface area contributed by atoms with Crippen molar-refractivity contribution < 1.29 is 0 Å². The molecule has 0 amide bonds. The van der Waals surface area contributed by atoms with Crippen LogP contribution in [0.4, 0.5) is 0 Å². The molecule has 0 bridgehead atoms. The maximum atomic E-state index is 3.52. The summed E-state index contributed by atoms with van der Waals surface area (Å²) in [4.78, 5) is 0. The molecule has 1 aliphatic heterocycles. The van der Waals surface area contributed by atoms with Gasteiger partial charge in [0.05, 0.1) is 5.37 Å². The van der Waals surface area contributed by atoms with Crippen LogP contribution in [0, 0.1) is 5.92 Å². The van der Waals surface area contributed by atoms with Crippen molar-refractivity contribution in [3.63, 3.8) is 0 Å². The molecule has 0 radical (unpaired) electrons. The number of hydrogen-bond acceptors (Lipinski definition) is 2. The van der Waals surface area contributed by atoms with Crippen LogP contribution in [-0.2, 0) is 0 Å². The van der Waals surface area contributed by atoms with E-state index in [1.165, 1.54) is 19.4 Å². The van der Waals surface area contributed by atoms with Crippen LogP contribution < -0.4 is 5.32 Å². The molecule has 0 aromatic rings. The highest BCUT2D eigenvalue weighted by Crippen LogP contribution is 2.25. The van der Waals surface area contributed by atoms with E-state index in [0.717, 1.165) is 16.5 Å². The molecular weight excluding hydrogens is 154 g/mol. The first-order valence-electron chi connectivity index (χ1n) is 4.57. The largest absolute Gasteiger partial charge is 0.304 e. The Morgan fingerprint density at radius 3 is 2.73 bits per heavy atom. The lowest BCUT2D eigenvalue weighted by Crippen LogP contribution is -2.20. The summed E-state index contributed by atoms with van der Waals surface area (Å²) < 4.78 is 0. The van der Waals surface area contributed by atoms with Crippen LogP contribution in [-0.4, -0.2) is 17.2 Å². The predicted octanol–water partition coefficient (Wildman–Crippen LogP) is 2.47.